The van der Waals surface area contributed by atoms with Gasteiger partial charge in [-0.1, -0.05) is 25.1 Å². The maximum Gasteiger partial charge on any atom is 0.214 e. The average molecular weight is 260 g/mol. The number of rotatable bonds is 2. The zero-order chi connectivity index (χ0) is 11.5. The summed E-state index contributed by atoms with van der Waals surface area (Å²) in [5.74, 6) is 0. The molecule has 0 N–H and O–H groups in total. The number of aromatic nitrogens is 1. The van der Waals surface area contributed by atoms with Gasteiger partial charge in [-0.15, -0.1) is 4.36 Å². The van der Waals surface area contributed by atoms with E-state index in [4.69, 9.17) is 16.9 Å². The summed E-state index contributed by atoms with van der Waals surface area (Å²) in [5.41, 5.74) is 0.755. The lowest BCUT2D eigenvalue weighted by Crippen LogP contribution is -2.07. The Labute approximate surface area is 101 Å². The summed E-state index contributed by atoms with van der Waals surface area (Å²) in [6.45, 7) is 1.74. The van der Waals surface area contributed by atoms with Crippen molar-refractivity contribution in [1.82, 2.24) is 4.98 Å². The highest BCUT2D eigenvalue weighted by Crippen LogP contribution is 2.22. The van der Waals surface area contributed by atoms with Crippen LogP contribution in [0.3, 0.4) is 0 Å². The van der Waals surface area contributed by atoms with Crippen LogP contribution in [0.4, 0.5) is 0 Å². The first-order valence-corrected chi connectivity index (χ1v) is 6.54. The summed E-state index contributed by atoms with van der Waals surface area (Å²) in [7, 11) is -2.55. The predicted molar refractivity (Wildman–Crippen MR) is 66.5 cm³/mol. The molecule has 1 aromatic rings. The Hall–Kier alpha value is -1.12. The quantitative estimate of drug-likeness (QED) is 0.606. The first-order valence-electron chi connectivity index (χ1n) is 4.18. The van der Waals surface area contributed by atoms with Gasteiger partial charge in [0.15, 0.2) is 0 Å². The van der Waals surface area contributed by atoms with Gasteiger partial charge in [0.25, 0.3) is 0 Å². The zero-order valence-corrected chi connectivity index (χ0v) is 9.92. The van der Waals surface area contributed by atoms with Crippen molar-refractivity contribution < 1.29 is 4.21 Å². The zero-order valence-electron chi connectivity index (χ0n) is 8.35. The summed E-state index contributed by atoms with van der Waals surface area (Å²) in [6.07, 6.45) is 4.57. The molecule has 88 valence electrons. The predicted octanol–water partition coefficient (Wildman–Crippen LogP) is 3.01. The molecule has 4 nitrogen and oxygen atoms in total. The largest absolute Gasteiger partial charge is 0.248 e. The number of nitriles is 1. The minimum atomic E-state index is -2.55. The van der Waals surface area contributed by atoms with Gasteiger partial charge >= 0.3 is 0 Å². The van der Waals surface area contributed by atoms with Crippen molar-refractivity contribution in [2.24, 2.45) is 4.36 Å². The lowest BCUT2D eigenvalue weighted by atomic mass is 10.2. The third-order valence-electron chi connectivity index (χ3n) is 2.10. The highest BCUT2D eigenvalue weighted by molar-refractivity contribution is 7.93. The molecule has 0 fully saturated rings. The van der Waals surface area contributed by atoms with Gasteiger partial charge < -0.3 is 0 Å². The summed E-state index contributed by atoms with van der Waals surface area (Å²) in [4.78, 5) is 3.89. The van der Waals surface area contributed by atoms with Crippen LogP contribution in [-0.2, 0) is 9.73 Å². The minimum absolute atomic E-state index is 0. The molecule has 0 spiro atoms. The molecule has 0 aromatic carbocycles. The highest BCUT2D eigenvalue weighted by Gasteiger charge is 2.16. The van der Waals surface area contributed by atoms with Crippen LogP contribution in [0.1, 0.15) is 25.2 Å². The highest BCUT2D eigenvalue weighted by atomic mass is 35.5. The normalized spacial score (nSPS) is 15.1. The van der Waals surface area contributed by atoms with E-state index in [1.54, 1.807) is 31.4 Å². The number of hydrogen-bond donors (Lipinski definition) is 0. The molecule has 16 heavy (non-hydrogen) atoms. The monoisotopic (exact) mass is 259 g/mol. The number of halogens is 1. The van der Waals surface area contributed by atoms with Crippen LogP contribution in [0.15, 0.2) is 22.7 Å². The molecule has 0 saturated carbocycles. The van der Waals surface area contributed by atoms with E-state index in [9.17, 15) is 4.21 Å². The van der Waals surface area contributed by atoms with Crippen molar-refractivity contribution in [1.29, 1.82) is 5.26 Å². The molecule has 1 aromatic heterocycles. The Morgan fingerprint density at radius 1 is 1.62 bits per heavy atom. The van der Waals surface area contributed by atoms with Gasteiger partial charge in [0.2, 0.25) is 6.19 Å². The topological polar surface area (TPSA) is 66.1 Å². The Morgan fingerprint density at radius 3 is 2.69 bits per heavy atom. The molecule has 0 amide bonds. The molecule has 0 saturated heterocycles. The summed E-state index contributed by atoms with van der Waals surface area (Å²) < 4.78 is 15.3. The first-order chi connectivity index (χ1) is 6.97. The maximum atomic E-state index is 11.9. The van der Waals surface area contributed by atoms with E-state index < -0.39 is 9.73 Å². The van der Waals surface area contributed by atoms with Crippen LogP contribution in [0, 0.1) is 11.5 Å². The van der Waals surface area contributed by atoms with E-state index >= 15 is 0 Å². The van der Waals surface area contributed by atoms with E-state index in [0.717, 1.165) is 5.56 Å². The van der Waals surface area contributed by atoms with Crippen LogP contribution >= 0.6 is 11.6 Å². The van der Waals surface area contributed by atoms with Crippen molar-refractivity contribution in [3.05, 3.63) is 29.0 Å². The van der Waals surface area contributed by atoms with Crippen molar-refractivity contribution >= 4 is 21.3 Å². The third-order valence-corrected chi connectivity index (χ3v) is 4.35. The van der Waals surface area contributed by atoms with Gasteiger partial charge in [-0.05, 0) is 18.6 Å². The van der Waals surface area contributed by atoms with Crippen LogP contribution in [-0.4, -0.2) is 15.4 Å². The molecule has 0 aliphatic carbocycles. The van der Waals surface area contributed by atoms with Gasteiger partial charge in [0.05, 0.1) is 15.0 Å². The van der Waals surface area contributed by atoms with Gasteiger partial charge in [0, 0.05) is 12.5 Å². The van der Waals surface area contributed by atoms with E-state index in [-0.39, 0.29) is 12.7 Å². The molecule has 0 aliphatic rings. The third kappa shape index (κ3) is 3.47. The molecule has 1 heterocycles. The van der Waals surface area contributed by atoms with E-state index in [1.807, 2.05) is 0 Å². The first kappa shape index (κ1) is 14.9. The molecular weight excluding hydrogens is 246 g/mol. The number of pyridine rings is 1. The van der Waals surface area contributed by atoms with E-state index in [2.05, 4.69) is 9.35 Å². The Balaban J connectivity index is 0.00000225. The van der Waals surface area contributed by atoms with Gasteiger partial charge in [-0.3, -0.25) is 0 Å². The molecular formula is C10H14ClN3OS. The lowest BCUT2D eigenvalue weighted by Gasteiger charge is -2.11. The Kier molecular flexibility index (Phi) is 5.42. The van der Waals surface area contributed by atoms with Gasteiger partial charge in [-0.2, -0.15) is 5.26 Å². The fourth-order valence-electron chi connectivity index (χ4n) is 1.04. The molecule has 2 atom stereocenters. The molecule has 0 aliphatic heterocycles. The van der Waals surface area contributed by atoms with Crippen LogP contribution in [0.25, 0.3) is 0 Å². The standard InChI is InChI=1S/C9H10ClN3OS.CH4/c1-7(15(2,14)13-6-11)8-3-4-9(10)12-5-8;/h3-5,7H,1-2H3;1H4/t7?,15-;/m0./s1. The second-order valence-electron chi connectivity index (χ2n) is 3.11. The SMILES string of the molecule is C.CC(c1ccc(Cl)nc1)[S@](C)(=O)=NC#N. The minimum Gasteiger partial charge on any atom is -0.248 e. The molecule has 1 rings (SSSR count). The maximum absolute atomic E-state index is 11.9. The Bertz CT molecular complexity index is 498. The van der Waals surface area contributed by atoms with Crippen LogP contribution in [0.2, 0.25) is 5.15 Å². The van der Waals surface area contributed by atoms with Crippen molar-refractivity contribution in [3.63, 3.8) is 0 Å². The van der Waals surface area contributed by atoms with Gasteiger partial charge in [-0.25, -0.2) is 9.19 Å². The van der Waals surface area contributed by atoms with Crippen LogP contribution < -0.4 is 0 Å². The summed E-state index contributed by atoms with van der Waals surface area (Å²) >= 11 is 5.63. The van der Waals surface area contributed by atoms with E-state index in [0.29, 0.717) is 5.15 Å². The number of hydrogen-bond acceptors (Lipinski definition) is 4. The van der Waals surface area contributed by atoms with E-state index in [1.165, 1.54) is 6.26 Å². The van der Waals surface area contributed by atoms with Gasteiger partial charge in [0.1, 0.15) is 5.15 Å². The van der Waals surface area contributed by atoms with Crippen LogP contribution in [0.5, 0.6) is 0 Å². The molecule has 0 bridgehead atoms. The van der Waals surface area contributed by atoms with Crippen molar-refractivity contribution in [2.75, 3.05) is 6.26 Å². The summed E-state index contributed by atoms with van der Waals surface area (Å²) in [5, 5.41) is 8.44. The Morgan fingerprint density at radius 2 is 2.25 bits per heavy atom. The number of nitrogens with zero attached hydrogens (tertiary/aromatic N) is 3. The molecule has 1 unspecified atom stereocenters. The fourth-order valence-corrected chi connectivity index (χ4v) is 2.12. The molecule has 6 heteroatoms. The smallest absolute Gasteiger partial charge is 0.214 e. The van der Waals surface area contributed by atoms with Crippen molar-refractivity contribution in [2.45, 2.75) is 19.6 Å². The second kappa shape index (κ2) is 5.83. The average Bonchev–Trinajstić information content (AvgIpc) is 2.18. The lowest BCUT2D eigenvalue weighted by molar-refractivity contribution is 0.673. The summed E-state index contributed by atoms with van der Waals surface area (Å²) in [6, 6.07) is 3.35. The second-order valence-corrected chi connectivity index (χ2v) is 6.11. The molecule has 0 radical (unpaired) electrons. The fraction of sp³-hybridized carbons (Fsp3) is 0.400. The van der Waals surface area contributed by atoms with Crippen molar-refractivity contribution in [3.8, 4) is 6.19 Å².